The molecule has 0 amide bonds. The van der Waals surface area contributed by atoms with Gasteiger partial charge in [-0.2, -0.15) is 0 Å². The first kappa shape index (κ1) is 9.21. The molecule has 0 heterocycles. The van der Waals surface area contributed by atoms with E-state index in [-0.39, 0.29) is 12.1 Å². The molecule has 0 rings (SSSR count). The first-order valence-electron chi connectivity index (χ1n) is 3.53. The maximum Gasteiger partial charge on any atom is 0.306 e. The minimum atomic E-state index is -0.148. The maximum atomic E-state index is 10.6. The Kier molecular flexibility index (Phi) is 4.63. The van der Waals surface area contributed by atoms with Crippen molar-refractivity contribution in [2.24, 2.45) is 0 Å². The van der Waals surface area contributed by atoms with Gasteiger partial charge in [0, 0.05) is 6.42 Å². The van der Waals surface area contributed by atoms with Crippen LogP contribution >= 0.6 is 0 Å². The van der Waals surface area contributed by atoms with Gasteiger partial charge in [-0.25, -0.2) is 0 Å². The SMILES string of the molecule is C/C=C/C(C)OC(=O)CC. The number of hydrogen-bond donors (Lipinski definition) is 0. The fourth-order valence-electron chi connectivity index (χ4n) is 0.601. The van der Waals surface area contributed by atoms with Gasteiger partial charge in [-0.1, -0.05) is 13.0 Å². The summed E-state index contributed by atoms with van der Waals surface area (Å²) in [4.78, 5) is 10.6. The van der Waals surface area contributed by atoms with E-state index >= 15 is 0 Å². The molecule has 0 aliphatic heterocycles. The van der Waals surface area contributed by atoms with Gasteiger partial charge >= 0.3 is 5.97 Å². The number of allylic oxidation sites excluding steroid dienone is 1. The quantitative estimate of drug-likeness (QED) is 0.444. The molecule has 0 aromatic heterocycles. The normalized spacial score (nSPS) is 13.5. The molecule has 0 aromatic rings. The maximum absolute atomic E-state index is 10.6. The topological polar surface area (TPSA) is 26.3 Å². The average molecular weight is 142 g/mol. The van der Waals surface area contributed by atoms with E-state index in [0.29, 0.717) is 6.42 Å². The zero-order valence-electron chi connectivity index (χ0n) is 6.76. The van der Waals surface area contributed by atoms with Gasteiger partial charge < -0.3 is 4.74 Å². The van der Waals surface area contributed by atoms with E-state index in [1.807, 2.05) is 26.0 Å². The lowest BCUT2D eigenvalue weighted by Gasteiger charge is -2.06. The molecule has 0 fully saturated rings. The zero-order chi connectivity index (χ0) is 7.98. The molecule has 1 unspecified atom stereocenters. The third kappa shape index (κ3) is 4.13. The molecule has 2 heteroatoms. The van der Waals surface area contributed by atoms with Crippen molar-refractivity contribution >= 4 is 5.97 Å². The van der Waals surface area contributed by atoms with Crippen LogP contribution in [0.25, 0.3) is 0 Å². The predicted molar refractivity (Wildman–Crippen MR) is 40.7 cm³/mol. The largest absolute Gasteiger partial charge is 0.458 e. The van der Waals surface area contributed by atoms with E-state index in [1.54, 1.807) is 6.92 Å². The van der Waals surface area contributed by atoms with Crippen molar-refractivity contribution in [1.82, 2.24) is 0 Å². The first-order chi connectivity index (χ1) is 4.70. The number of rotatable bonds is 3. The van der Waals surface area contributed by atoms with Crippen molar-refractivity contribution in [3.8, 4) is 0 Å². The molecule has 0 saturated carbocycles. The monoisotopic (exact) mass is 142 g/mol. The number of ether oxygens (including phenoxy) is 1. The molecule has 0 saturated heterocycles. The van der Waals surface area contributed by atoms with Crippen LogP contribution in [0.5, 0.6) is 0 Å². The highest BCUT2D eigenvalue weighted by Gasteiger charge is 2.01. The second-order valence-corrected chi connectivity index (χ2v) is 2.07. The van der Waals surface area contributed by atoms with Crippen molar-refractivity contribution in [2.45, 2.75) is 33.3 Å². The molecule has 0 radical (unpaired) electrons. The average Bonchev–Trinajstić information content (AvgIpc) is 1.88. The van der Waals surface area contributed by atoms with Crippen LogP contribution in [0.1, 0.15) is 27.2 Å². The summed E-state index contributed by atoms with van der Waals surface area (Å²) in [6, 6.07) is 0. The number of esters is 1. The highest BCUT2D eigenvalue weighted by molar-refractivity contribution is 5.69. The predicted octanol–water partition coefficient (Wildman–Crippen LogP) is 1.90. The molecule has 58 valence electrons. The molecule has 0 bridgehead atoms. The van der Waals surface area contributed by atoms with Crippen LogP contribution in [0.15, 0.2) is 12.2 Å². The summed E-state index contributed by atoms with van der Waals surface area (Å²) in [5.74, 6) is -0.148. The molecule has 2 nitrogen and oxygen atoms in total. The Bertz CT molecular complexity index is 127. The van der Waals surface area contributed by atoms with Gasteiger partial charge in [0.1, 0.15) is 6.10 Å². The standard InChI is InChI=1S/C8H14O2/c1-4-6-7(3)10-8(9)5-2/h4,6-7H,5H2,1-3H3/b6-4+. The Labute approximate surface area is 61.9 Å². The lowest BCUT2D eigenvalue weighted by molar-refractivity contribution is -0.145. The molecule has 0 N–H and O–H groups in total. The molecular weight excluding hydrogens is 128 g/mol. The lowest BCUT2D eigenvalue weighted by atomic mass is 10.3. The Balaban J connectivity index is 3.57. The van der Waals surface area contributed by atoms with Crippen molar-refractivity contribution in [1.29, 1.82) is 0 Å². The third-order valence-corrected chi connectivity index (χ3v) is 1.07. The van der Waals surface area contributed by atoms with Crippen LogP contribution in [0.3, 0.4) is 0 Å². The number of hydrogen-bond acceptors (Lipinski definition) is 2. The van der Waals surface area contributed by atoms with Crippen LogP contribution in [-0.4, -0.2) is 12.1 Å². The number of carbonyl (C=O) groups excluding carboxylic acids is 1. The summed E-state index contributed by atoms with van der Waals surface area (Å²) in [5.41, 5.74) is 0. The second-order valence-electron chi connectivity index (χ2n) is 2.07. The molecular formula is C8H14O2. The van der Waals surface area contributed by atoms with Crippen molar-refractivity contribution in [2.75, 3.05) is 0 Å². The fraction of sp³-hybridized carbons (Fsp3) is 0.625. The van der Waals surface area contributed by atoms with Gasteiger partial charge in [-0.3, -0.25) is 4.79 Å². The fourth-order valence-corrected chi connectivity index (χ4v) is 0.601. The van der Waals surface area contributed by atoms with Crippen LogP contribution in [0.2, 0.25) is 0 Å². The Hall–Kier alpha value is -0.790. The Morgan fingerprint density at radius 2 is 2.30 bits per heavy atom. The van der Waals surface area contributed by atoms with Crippen molar-refractivity contribution in [3.63, 3.8) is 0 Å². The van der Waals surface area contributed by atoms with E-state index in [2.05, 4.69) is 0 Å². The minimum Gasteiger partial charge on any atom is -0.458 e. The van der Waals surface area contributed by atoms with Crippen LogP contribution in [-0.2, 0) is 9.53 Å². The second kappa shape index (κ2) is 5.03. The van der Waals surface area contributed by atoms with Crippen molar-refractivity contribution < 1.29 is 9.53 Å². The molecule has 0 spiro atoms. The summed E-state index contributed by atoms with van der Waals surface area (Å²) in [7, 11) is 0. The van der Waals surface area contributed by atoms with Crippen molar-refractivity contribution in [3.05, 3.63) is 12.2 Å². The first-order valence-corrected chi connectivity index (χ1v) is 3.53. The highest BCUT2D eigenvalue weighted by Crippen LogP contribution is 1.95. The molecule has 0 aliphatic rings. The van der Waals surface area contributed by atoms with E-state index in [4.69, 9.17) is 4.74 Å². The summed E-state index contributed by atoms with van der Waals surface area (Å²) in [5, 5.41) is 0. The third-order valence-electron chi connectivity index (χ3n) is 1.07. The van der Waals surface area contributed by atoms with Gasteiger partial charge in [0.05, 0.1) is 0 Å². The Morgan fingerprint density at radius 3 is 2.70 bits per heavy atom. The molecule has 0 aliphatic carbocycles. The summed E-state index contributed by atoms with van der Waals surface area (Å²) >= 11 is 0. The zero-order valence-corrected chi connectivity index (χ0v) is 6.76. The number of carbonyl (C=O) groups is 1. The van der Waals surface area contributed by atoms with Gasteiger partial charge in [0.2, 0.25) is 0 Å². The Morgan fingerprint density at radius 1 is 1.70 bits per heavy atom. The smallest absolute Gasteiger partial charge is 0.306 e. The lowest BCUT2D eigenvalue weighted by Crippen LogP contribution is -2.10. The van der Waals surface area contributed by atoms with Crippen LogP contribution in [0, 0.1) is 0 Å². The summed E-state index contributed by atoms with van der Waals surface area (Å²) in [6.45, 7) is 5.52. The van der Waals surface area contributed by atoms with Gasteiger partial charge in [-0.05, 0) is 19.9 Å². The van der Waals surface area contributed by atoms with E-state index < -0.39 is 0 Å². The molecule has 10 heavy (non-hydrogen) atoms. The van der Waals surface area contributed by atoms with Gasteiger partial charge in [0.25, 0.3) is 0 Å². The molecule has 0 aromatic carbocycles. The van der Waals surface area contributed by atoms with Crippen LogP contribution < -0.4 is 0 Å². The van der Waals surface area contributed by atoms with E-state index in [1.165, 1.54) is 0 Å². The highest BCUT2D eigenvalue weighted by atomic mass is 16.5. The molecule has 1 atom stereocenters. The summed E-state index contributed by atoms with van der Waals surface area (Å²) < 4.78 is 4.91. The van der Waals surface area contributed by atoms with E-state index in [0.717, 1.165) is 0 Å². The van der Waals surface area contributed by atoms with E-state index in [9.17, 15) is 4.79 Å². The van der Waals surface area contributed by atoms with Gasteiger partial charge in [0.15, 0.2) is 0 Å². The van der Waals surface area contributed by atoms with Gasteiger partial charge in [-0.15, -0.1) is 0 Å². The van der Waals surface area contributed by atoms with Crippen LogP contribution in [0.4, 0.5) is 0 Å². The minimum absolute atomic E-state index is 0.0857. The summed E-state index contributed by atoms with van der Waals surface area (Å²) in [6.07, 6.45) is 4.07.